The van der Waals surface area contributed by atoms with Crippen molar-refractivity contribution >= 4 is 74.1 Å². The fraction of sp³-hybridized carbons (Fsp3) is 0.135. The molecule has 6 N–H and O–H groups in total. The molecule has 0 saturated heterocycles. The van der Waals surface area contributed by atoms with Gasteiger partial charge in [-0.1, -0.05) is 68.1 Å². The highest BCUT2D eigenvalue weighted by Gasteiger charge is 2.07. The first-order valence-corrected chi connectivity index (χ1v) is 16.8. The van der Waals surface area contributed by atoms with Crippen molar-refractivity contribution in [3.05, 3.63) is 132 Å². The van der Waals surface area contributed by atoms with Crippen molar-refractivity contribution in [1.82, 2.24) is 0 Å². The van der Waals surface area contributed by atoms with E-state index >= 15 is 0 Å². The molecule has 0 aliphatic carbocycles. The van der Waals surface area contributed by atoms with E-state index in [0.717, 1.165) is 61.7 Å². The average molecular weight is 760 g/mol. The Balaban J connectivity index is 0.000000295. The van der Waals surface area contributed by atoms with Gasteiger partial charge in [0.05, 0.1) is 46.4 Å². The Kier molecular flexibility index (Phi) is 19.5. The molecule has 0 amide bonds. The van der Waals surface area contributed by atoms with Crippen LogP contribution in [0.3, 0.4) is 0 Å². The number of anilines is 3. The first-order valence-electron chi connectivity index (χ1n) is 15.3. The number of nitroso groups, excluding NO2 is 1. The van der Waals surface area contributed by atoms with Crippen molar-refractivity contribution < 1.29 is 24.1 Å². The van der Waals surface area contributed by atoms with Crippen molar-refractivity contribution in [1.29, 1.82) is 0 Å². The maximum absolute atomic E-state index is 9.80. The minimum absolute atomic E-state index is 0. The van der Waals surface area contributed by atoms with Gasteiger partial charge in [0.15, 0.2) is 0 Å². The Labute approximate surface area is 317 Å². The molecule has 280 valence electrons. The highest BCUT2D eigenvalue weighted by molar-refractivity contribution is 7.94. The maximum Gasteiger partial charge on any atom is 0.0936 e. The van der Waals surface area contributed by atoms with E-state index in [2.05, 4.69) is 130 Å². The van der Waals surface area contributed by atoms with E-state index in [-0.39, 0.29) is 12.9 Å². The molecule has 6 rings (SSSR count). The fourth-order valence-corrected chi connectivity index (χ4v) is 5.51. The van der Waals surface area contributed by atoms with Crippen molar-refractivity contribution in [3.63, 3.8) is 0 Å². The minimum atomic E-state index is 0. The molecule has 16 heteroatoms. The van der Waals surface area contributed by atoms with Crippen LogP contribution in [0.15, 0.2) is 153 Å². The van der Waals surface area contributed by atoms with Crippen LogP contribution in [-0.4, -0.2) is 33.7 Å². The van der Waals surface area contributed by atoms with E-state index in [1.54, 1.807) is 24.3 Å². The molecule has 0 radical (unpaired) electrons. The van der Waals surface area contributed by atoms with E-state index in [9.17, 15) is 4.91 Å². The van der Waals surface area contributed by atoms with Gasteiger partial charge in [-0.15, -0.1) is 28.7 Å². The lowest BCUT2D eigenvalue weighted by atomic mass is 10.1. The Morgan fingerprint density at radius 2 is 1.09 bits per heavy atom. The molecule has 0 fully saturated rings. The lowest BCUT2D eigenvalue weighted by Crippen LogP contribution is -2.08. The van der Waals surface area contributed by atoms with Crippen molar-refractivity contribution in [2.45, 2.75) is 17.2 Å². The van der Waals surface area contributed by atoms with Gasteiger partial charge in [-0.05, 0) is 72.1 Å². The van der Waals surface area contributed by atoms with Gasteiger partial charge in [-0.2, -0.15) is 16.9 Å². The van der Waals surface area contributed by atoms with E-state index < -0.39 is 0 Å². The van der Waals surface area contributed by atoms with Crippen LogP contribution in [0.25, 0.3) is 21.5 Å². The molecule has 0 atom stereocenters. The monoisotopic (exact) mass is 759 g/mol. The first-order chi connectivity index (χ1) is 24.8. The standard InChI is InChI=1S/C18H18N4O2S.C12H13N.C6H7N3O3S.CH4.H2O/c1-22(2)18-12-11-17(15-5-3-4-6-16(15)18)21-20-13-7-9-14(10-8-13)25-24-23-19;1-13(2)12-9-5-7-10-6-3-4-8-11(10)12;7-11-12-13-6-3-1-5(2-4-6)8-9-10;;/h3-12H,19H2,1-2H3;3-9H,1-2H3;1-4H,7H2,(H,8,10);1H4;1H2/p-1. The molecule has 6 aromatic rings. The Bertz CT molecular complexity index is 2000. The largest absolute Gasteiger partial charge is 0.870 e. The normalized spacial score (nSPS) is 10.2. The second-order valence-corrected chi connectivity index (χ2v) is 12.4. The van der Waals surface area contributed by atoms with Gasteiger partial charge in [-0.3, -0.25) is 0 Å². The molecule has 0 aliphatic rings. The number of hydrogen-bond donors (Lipinski definition) is 3. The number of benzene rings is 6. The van der Waals surface area contributed by atoms with Crippen molar-refractivity contribution in [3.8, 4) is 0 Å². The van der Waals surface area contributed by atoms with E-state index in [1.165, 1.54) is 16.5 Å². The zero-order chi connectivity index (χ0) is 36.4. The van der Waals surface area contributed by atoms with Gasteiger partial charge in [0, 0.05) is 65.5 Å². The molecule has 0 saturated carbocycles. The summed E-state index contributed by atoms with van der Waals surface area (Å²) in [5.41, 5.74) is 6.87. The molecule has 0 aromatic heterocycles. The summed E-state index contributed by atoms with van der Waals surface area (Å²) in [6.07, 6.45) is 0. The minimum Gasteiger partial charge on any atom is -0.870 e. The van der Waals surface area contributed by atoms with E-state index in [1.807, 2.05) is 56.6 Å². The summed E-state index contributed by atoms with van der Waals surface area (Å²) in [5.74, 6) is 9.46. The molecule has 0 unspecified atom stereocenters. The fourth-order valence-electron chi connectivity index (χ4n) is 4.78. The summed E-state index contributed by atoms with van der Waals surface area (Å²) in [7, 11) is 8.20. The maximum atomic E-state index is 9.80. The van der Waals surface area contributed by atoms with Crippen LogP contribution in [0.4, 0.5) is 28.4 Å². The summed E-state index contributed by atoms with van der Waals surface area (Å²) >= 11 is 1.99. The summed E-state index contributed by atoms with van der Waals surface area (Å²) < 4.78 is 9.01. The number of azo groups is 1. The third-order valence-electron chi connectivity index (χ3n) is 7.09. The molecule has 14 nitrogen and oxygen atoms in total. The summed E-state index contributed by atoms with van der Waals surface area (Å²) in [4.78, 5) is 23.6. The smallest absolute Gasteiger partial charge is 0.0936 e. The van der Waals surface area contributed by atoms with Crippen LogP contribution in [0.1, 0.15) is 7.43 Å². The van der Waals surface area contributed by atoms with Gasteiger partial charge < -0.3 is 15.3 Å². The zero-order valence-electron chi connectivity index (χ0n) is 28.8. The second kappa shape index (κ2) is 23.4. The molecule has 0 bridgehead atoms. The average Bonchev–Trinajstić information content (AvgIpc) is 3.16. The molecule has 6 aromatic carbocycles. The SMILES string of the molecule is C.CN(C)c1ccc(N=Nc2ccc(SOON)cc2)c2ccccc12.CN(C)c1cccc2ccccc12.NOOSc1ccc(NN=O)cc1.[OH-]. The molecular weight excluding hydrogens is 717 g/mol. The van der Waals surface area contributed by atoms with Crippen LogP contribution in [0.5, 0.6) is 0 Å². The quantitative estimate of drug-likeness (QED) is 0.0351. The summed E-state index contributed by atoms with van der Waals surface area (Å²) in [5, 5.41) is 16.1. The number of hydrogen-bond acceptors (Lipinski definition) is 15. The van der Waals surface area contributed by atoms with Gasteiger partial charge >= 0.3 is 0 Å². The Morgan fingerprint density at radius 1 is 0.585 bits per heavy atom. The van der Waals surface area contributed by atoms with Gasteiger partial charge in [0.2, 0.25) is 0 Å². The van der Waals surface area contributed by atoms with Crippen molar-refractivity contribution in [2.75, 3.05) is 43.4 Å². The number of nitrogens with one attached hydrogen (secondary N) is 1. The Hall–Kier alpha value is -5.14. The van der Waals surface area contributed by atoms with Crippen LogP contribution in [-0.2, 0) is 18.6 Å². The first kappa shape index (κ1) is 44.0. The van der Waals surface area contributed by atoms with Gasteiger partial charge in [0.1, 0.15) is 0 Å². The molecule has 0 aliphatic heterocycles. The van der Waals surface area contributed by atoms with Crippen LogP contribution in [0.2, 0.25) is 0 Å². The predicted octanol–water partition coefficient (Wildman–Crippen LogP) is 10.1. The lowest BCUT2D eigenvalue weighted by molar-refractivity contribution is -0.195. The van der Waals surface area contributed by atoms with Gasteiger partial charge in [0.25, 0.3) is 0 Å². The third-order valence-corrected chi connectivity index (χ3v) is 8.31. The van der Waals surface area contributed by atoms with Crippen LogP contribution < -0.4 is 27.0 Å². The number of nitrogens with zero attached hydrogens (tertiary/aromatic N) is 5. The number of nitrogens with two attached hydrogens (primary N) is 2. The summed E-state index contributed by atoms with van der Waals surface area (Å²) in [6, 6.07) is 41.2. The molecular formula is C37H43N8O6S2-. The highest BCUT2D eigenvalue weighted by atomic mass is 32.2. The lowest BCUT2D eigenvalue weighted by Gasteiger charge is -2.16. The van der Waals surface area contributed by atoms with Crippen LogP contribution >= 0.6 is 24.1 Å². The highest BCUT2D eigenvalue weighted by Crippen LogP contribution is 2.34. The van der Waals surface area contributed by atoms with E-state index in [0.29, 0.717) is 5.69 Å². The molecule has 0 heterocycles. The number of rotatable bonds is 12. The molecule has 0 spiro atoms. The zero-order valence-corrected chi connectivity index (χ0v) is 30.5. The second-order valence-electron chi connectivity index (χ2n) is 10.9. The predicted molar refractivity (Wildman–Crippen MR) is 216 cm³/mol. The number of fused-ring (bicyclic) bond motifs is 2. The van der Waals surface area contributed by atoms with Crippen molar-refractivity contribution in [2.24, 2.45) is 27.3 Å². The summed E-state index contributed by atoms with van der Waals surface area (Å²) in [6.45, 7) is 0. The Morgan fingerprint density at radius 3 is 1.66 bits per heavy atom. The van der Waals surface area contributed by atoms with E-state index in [4.69, 9.17) is 5.90 Å². The van der Waals surface area contributed by atoms with Crippen LogP contribution in [0, 0.1) is 4.91 Å². The molecule has 53 heavy (non-hydrogen) atoms. The van der Waals surface area contributed by atoms with Gasteiger partial charge in [-0.25, -0.2) is 5.43 Å². The third kappa shape index (κ3) is 13.4. The topological polar surface area (TPSA) is 192 Å².